The second-order valence-corrected chi connectivity index (χ2v) is 5.73. The zero-order valence-electron chi connectivity index (χ0n) is 14.7. The van der Waals surface area contributed by atoms with Gasteiger partial charge in [0.2, 0.25) is 0 Å². The number of nitrogens with one attached hydrogen (secondary N) is 2. The number of aromatic nitrogens is 1. The third-order valence-electron chi connectivity index (χ3n) is 3.44. The molecule has 24 heavy (non-hydrogen) atoms. The van der Waals surface area contributed by atoms with Crippen molar-refractivity contribution >= 4 is 11.8 Å². The Morgan fingerprint density at radius 1 is 1.17 bits per heavy atom. The molecule has 6 nitrogen and oxygen atoms in total. The van der Waals surface area contributed by atoms with Crippen molar-refractivity contribution in [1.82, 2.24) is 15.6 Å². The Balaban J connectivity index is 1.92. The van der Waals surface area contributed by atoms with Crippen LogP contribution in [0.25, 0.3) is 0 Å². The summed E-state index contributed by atoms with van der Waals surface area (Å²) in [4.78, 5) is 11.2. The van der Waals surface area contributed by atoms with Crippen LogP contribution >= 0.6 is 0 Å². The largest absolute Gasteiger partial charge is 0.469 e. The molecule has 0 saturated heterocycles. The molecule has 0 aliphatic carbocycles. The average molecular weight is 329 g/mol. The average Bonchev–Trinajstić information content (AvgIpc) is 3.10. The van der Waals surface area contributed by atoms with Crippen molar-refractivity contribution in [2.45, 2.75) is 26.3 Å². The number of furan rings is 1. The summed E-state index contributed by atoms with van der Waals surface area (Å²) in [6.07, 6.45) is 3.57. The molecule has 0 bridgehead atoms. The summed E-state index contributed by atoms with van der Waals surface area (Å²) in [6.45, 7) is 4.34. The SMILES string of the molecule is CCCNC(=NCc1cccc(N(C)C)n1)NCCc1ccco1. The van der Waals surface area contributed by atoms with Crippen LogP contribution < -0.4 is 15.5 Å². The topological polar surface area (TPSA) is 65.7 Å². The smallest absolute Gasteiger partial charge is 0.191 e. The Morgan fingerprint density at radius 3 is 2.71 bits per heavy atom. The summed E-state index contributed by atoms with van der Waals surface area (Å²) >= 11 is 0. The number of nitrogens with zero attached hydrogens (tertiary/aromatic N) is 3. The van der Waals surface area contributed by atoms with Gasteiger partial charge in [-0.15, -0.1) is 0 Å². The van der Waals surface area contributed by atoms with Gasteiger partial charge in [0.05, 0.1) is 18.5 Å². The van der Waals surface area contributed by atoms with Gasteiger partial charge in [-0.1, -0.05) is 13.0 Å². The summed E-state index contributed by atoms with van der Waals surface area (Å²) in [7, 11) is 3.97. The van der Waals surface area contributed by atoms with Gasteiger partial charge in [-0.25, -0.2) is 9.98 Å². The minimum Gasteiger partial charge on any atom is -0.469 e. The molecule has 0 radical (unpaired) electrons. The maximum Gasteiger partial charge on any atom is 0.191 e. The minimum absolute atomic E-state index is 0.543. The summed E-state index contributed by atoms with van der Waals surface area (Å²) < 4.78 is 5.35. The molecular weight excluding hydrogens is 302 g/mol. The lowest BCUT2D eigenvalue weighted by molar-refractivity contribution is 0.506. The first-order valence-electron chi connectivity index (χ1n) is 8.37. The second-order valence-electron chi connectivity index (χ2n) is 5.73. The van der Waals surface area contributed by atoms with Crippen LogP contribution in [0.15, 0.2) is 46.0 Å². The summed E-state index contributed by atoms with van der Waals surface area (Å²) in [6, 6.07) is 9.89. The van der Waals surface area contributed by atoms with Gasteiger partial charge >= 0.3 is 0 Å². The van der Waals surface area contributed by atoms with E-state index in [1.165, 1.54) is 0 Å². The lowest BCUT2D eigenvalue weighted by atomic mass is 10.3. The highest BCUT2D eigenvalue weighted by Crippen LogP contribution is 2.08. The summed E-state index contributed by atoms with van der Waals surface area (Å²) in [5.74, 6) is 2.72. The Kier molecular flexibility index (Phi) is 7.14. The zero-order chi connectivity index (χ0) is 17.2. The standard InChI is InChI=1S/C18H27N5O/c1-4-11-19-18(20-12-10-16-8-6-13-24-16)21-14-15-7-5-9-17(22-15)23(2)3/h5-9,13H,4,10-12,14H2,1-3H3,(H2,19,20,21). The normalized spacial score (nSPS) is 11.4. The van der Waals surface area contributed by atoms with Gasteiger partial charge in [-0.05, 0) is 30.7 Å². The number of rotatable bonds is 8. The summed E-state index contributed by atoms with van der Waals surface area (Å²) in [5, 5.41) is 6.67. The molecule has 0 atom stereocenters. The van der Waals surface area contributed by atoms with E-state index in [0.717, 1.165) is 49.2 Å². The summed E-state index contributed by atoms with van der Waals surface area (Å²) in [5.41, 5.74) is 0.949. The van der Waals surface area contributed by atoms with E-state index in [2.05, 4.69) is 27.5 Å². The first-order valence-corrected chi connectivity index (χ1v) is 8.37. The molecule has 2 heterocycles. The lowest BCUT2D eigenvalue weighted by Crippen LogP contribution is -2.38. The van der Waals surface area contributed by atoms with Crippen LogP contribution in [-0.2, 0) is 13.0 Å². The van der Waals surface area contributed by atoms with Crippen molar-refractivity contribution < 1.29 is 4.42 Å². The van der Waals surface area contributed by atoms with E-state index >= 15 is 0 Å². The molecule has 2 rings (SSSR count). The van der Waals surface area contributed by atoms with Gasteiger partial charge in [-0.2, -0.15) is 0 Å². The molecule has 0 fully saturated rings. The predicted octanol–water partition coefficient (Wildman–Crippen LogP) is 2.43. The van der Waals surface area contributed by atoms with E-state index in [4.69, 9.17) is 4.42 Å². The molecule has 130 valence electrons. The van der Waals surface area contributed by atoms with Crippen molar-refractivity contribution in [3.05, 3.63) is 48.0 Å². The van der Waals surface area contributed by atoms with Crippen LogP contribution in [0.2, 0.25) is 0 Å². The highest BCUT2D eigenvalue weighted by Gasteiger charge is 2.02. The Labute approximate surface area is 144 Å². The molecule has 0 spiro atoms. The van der Waals surface area contributed by atoms with Gasteiger partial charge < -0.3 is 20.0 Å². The molecule has 0 aliphatic rings. The van der Waals surface area contributed by atoms with E-state index in [0.29, 0.717) is 6.54 Å². The molecule has 0 aliphatic heterocycles. The van der Waals surface area contributed by atoms with Crippen molar-refractivity contribution in [2.24, 2.45) is 4.99 Å². The fraction of sp³-hybridized carbons (Fsp3) is 0.444. The van der Waals surface area contributed by atoms with E-state index in [1.54, 1.807) is 6.26 Å². The van der Waals surface area contributed by atoms with Crippen LogP contribution in [0.4, 0.5) is 5.82 Å². The Morgan fingerprint density at radius 2 is 2.00 bits per heavy atom. The molecule has 2 aromatic rings. The monoisotopic (exact) mass is 329 g/mol. The first kappa shape index (κ1) is 17.8. The number of guanidine groups is 1. The van der Waals surface area contributed by atoms with Gasteiger partial charge in [-0.3, -0.25) is 0 Å². The highest BCUT2D eigenvalue weighted by atomic mass is 16.3. The molecule has 6 heteroatoms. The molecule has 2 aromatic heterocycles. The quantitative estimate of drug-likeness (QED) is 0.575. The van der Waals surface area contributed by atoms with Crippen molar-refractivity contribution in [1.29, 1.82) is 0 Å². The van der Waals surface area contributed by atoms with Crippen molar-refractivity contribution in [3.8, 4) is 0 Å². The number of pyridine rings is 1. The third kappa shape index (κ3) is 5.95. The number of hydrogen-bond donors (Lipinski definition) is 2. The zero-order valence-corrected chi connectivity index (χ0v) is 14.7. The van der Waals surface area contributed by atoms with Crippen LogP contribution in [0, 0.1) is 0 Å². The fourth-order valence-electron chi connectivity index (χ4n) is 2.14. The molecule has 0 amide bonds. The van der Waals surface area contributed by atoms with Crippen LogP contribution in [0.1, 0.15) is 24.8 Å². The minimum atomic E-state index is 0.543. The molecule has 2 N–H and O–H groups in total. The number of hydrogen-bond acceptors (Lipinski definition) is 4. The third-order valence-corrected chi connectivity index (χ3v) is 3.44. The molecular formula is C18H27N5O. The predicted molar refractivity (Wildman–Crippen MR) is 98.4 cm³/mol. The maximum atomic E-state index is 5.35. The lowest BCUT2D eigenvalue weighted by Gasteiger charge is -2.13. The van der Waals surface area contributed by atoms with Crippen molar-refractivity contribution in [3.63, 3.8) is 0 Å². The van der Waals surface area contributed by atoms with Crippen LogP contribution in [0.5, 0.6) is 0 Å². The molecule has 0 aromatic carbocycles. The second kappa shape index (κ2) is 9.60. The first-order chi connectivity index (χ1) is 11.7. The van der Waals surface area contributed by atoms with E-state index < -0.39 is 0 Å². The Bertz CT molecular complexity index is 622. The van der Waals surface area contributed by atoms with Crippen LogP contribution in [-0.4, -0.2) is 38.1 Å². The van der Waals surface area contributed by atoms with E-state index in [9.17, 15) is 0 Å². The van der Waals surface area contributed by atoms with Crippen LogP contribution in [0.3, 0.4) is 0 Å². The van der Waals surface area contributed by atoms with Gasteiger partial charge in [0.15, 0.2) is 5.96 Å². The fourth-order valence-corrected chi connectivity index (χ4v) is 2.14. The van der Waals surface area contributed by atoms with Gasteiger partial charge in [0.1, 0.15) is 11.6 Å². The van der Waals surface area contributed by atoms with E-state index in [1.807, 2.05) is 49.3 Å². The number of aliphatic imine (C=N–C) groups is 1. The number of anilines is 1. The Hall–Kier alpha value is -2.50. The van der Waals surface area contributed by atoms with Gasteiger partial charge in [0.25, 0.3) is 0 Å². The van der Waals surface area contributed by atoms with Gasteiger partial charge in [0, 0.05) is 33.6 Å². The highest BCUT2D eigenvalue weighted by molar-refractivity contribution is 5.79. The molecule has 0 saturated carbocycles. The van der Waals surface area contributed by atoms with E-state index in [-0.39, 0.29) is 0 Å². The maximum absolute atomic E-state index is 5.35. The van der Waals surface area contributed by atoms with Crippen molar-refractivity contribution in [2.75, 3.05) is 32.1 Å². The molecule has 0 unspecified atom stereocenters.